The molecule has 0 spiro atoms. The molecule has 3 heteroatoms. The van der Waals surface area contributed by atoms with Crippen molar-refractivity contribution in [3.63, 3.8) is 0 Å². The van der Waals surface area contributed by atoms with Crippen LogP contribution in [0.15, 0.2) is 37.1 Å². The Kier molecular flexibility index (Phi) is 6.96. The van der Waals surface area contributed by atoms with Gasteiger partial charge < -0.3 is 14.8 Å². The zero-order valence-corrected chi connectivity index (χ0v) is 11.3. The monoisotopic (exact) mass is 249 g/mol. The third kappa shape index (κ3) is 5.23. The molecular weight excluding hydrogens is 226 g/mol. The van der Waals surface area contributed by atoms with Crippen LogP contribution >= 0.6 is 0 Å². The number of rotatable bonds is 9. The Morgan fingerprint density at radius 3 is 2.89 bits per heavy atom. The van der Waals surface area contributed by atoms with Crippen molar-refractivity contribution in [3.8, 4) is 5.75 Å². The van der Waals surface area contributed by atoms with Crippen molar-refractivity contribution in [1.82, 2.24) is 5.32 Å². The molecule has 100 valence electrons. The van der Waals surface area contributed by atoms with E-state index in [0.29, 0.717) is 6.04 Å². The quantitative estimate of drug-likeness (QED) is 0.539. The van der Waals surface area contributed by atoms with Gasteiger partial charge in [0.1, 0.15) is 5.75 Å². The van der Waals surface area contributed by atoms with Crippen molar-refractivity contribution >= 4 is 0 Å². The van der Waals surface area contributed by atoms with E-state index < -0.39 is 0 Å². The van der Waals surface area contributed by atoms with Gasteiger partial charge in [0.25, 0.3) is 0 Å². The predicted octanol–water partition coefficient (Wildman–Crippen LogP) is 2.77. The van der Waals surface area contributed by atoms with Gasteiger partial charge in [-0.2, -0.15) is 0 Å². The van der Waals surface area contributed by atoms with Gasteiger partial charge in [0.2, 0.25) is 0 Å². The van der Waals surface area contributed by atoms with Crippen molar-refractivity contribution in [1.29, 1.82) is 0 Å². The lowest BCUT2D eigenvalue weighted by Gasteiger charge is -2.15. The van der Waals surface area contributed by atoms with Gasteiger partial charge >= 0.3 is 0 Å². The number of methoxy groups -OCH3 is 1. The molecule has 0 saturated heterocycles. The molecule has 0 aliphatic rings. The highest BCUT2D eigenvalue weighted by atomic mass is 16.5. The Morgan fingerprint density at radius 1 is 1.39 bits per heavy atom. The molecule has 0 heterocycles. The summed E-state index contributed by atoms with van der Waals surface area (Å²) in [5.41, 5.74) is 1.24. The van der Waals surface area contributed by atoms with Gasteiger partial charge in [-0.05, 0) is 37.9 Å². The normalized spacial score (nSPS) is 11.9. The first-order valence-electron chi connectivity index (χ1n) is 6.35. The molecule has 0 aliphatic heterocycles. The molecule has 0 fully saturated rings. The zero-order chi connectivity index (χ0) is 13.2. The van der Waals surface area contributed by atoms with Crippen LogP contribution in [0.2, 0.25) is 0 Å². The summed E-state index contributed by atoms with van der Waals surface area (Å²) in [5.74, 6) is 0.959. The van der Waals surface area contributed by atoms with Gasteiger partial charge in [-0.3, -0.25) is 0 Å². The SMILES string of the molecule is C=COCCCNC(C)Cc1ccccc1OC. The summed E-state index contributed by atoms with van der Waals surface area (Å²) in [6.45, 7) is 7.36. The Morgan fingerprint density at radius 2 is 2.17 bits per heavy atom. The van der Waals surface area contributed by atoms with Gasteiger partial charge in [0, 0.05) is 6.04 Å². The third-order valence-corrected chi connectivity index (χ3v) is 2.77. The first-order valence-corrected chi connectivity index (χ1v) is 6.35. The van der Waals surface area contributed by atoms with E-state index >= 15 is 0 Å². The second-order valence-electron chi connectivity index (χ2n) is 4.26. The van der Waals surface area contributed by atoms with Gasteiger partial charge in [0.05, 0.1) is 20.0 Å². The summed E-state index contributed by atoms with van der Waals surface area (Å²) < 4.78 is 10.4. The molecule has 3 nitrogen and oxygen atoms in total. The molecule has 1 aromatic rings. The van der Waals surface area contributed by atoms with E-state index in [1.165, 1.54) is 11.8 Å². The fraction of sp³-hybridized carbons (Fsp3) is 0.467. The fourth-order valence-corrected chi connectivity index (χ4v) is 1.86. The first kappa shape index (κ1) is 14.6. The topological polar surface area (TPSA) is 30.5 Å². The van der Waals surface area contributed by atoms with Gasteiger partial charge in [-0.15, -0.1) is 0 Å². The van der Waals surface area contributed by atoms with Crippen LogP contribution in [0, 0.1) is 0 Å². The minimum absolute atomic E-state index is 0.421. The minimum atomic E-state index is 0.421. The second kappa shape index (κ2) is 8.59. The average molecular weight is 249 g/mol. The van der Waals surface area contributed by atoms with Gasteiger partial charge in [0.15, 0.2) is 0 Å². The van der Waals surface area contributed by atoms with E-state index in [4.69, 9.17) is 9.47 Å². The largest absolute Gasteiger partial charge is 0.502 e. The minimum Gasteiger partial charge on any atom is -0.502 e. The fourth-order valence-electron chi connectivity index (χ4n) is 1.86. The van der Waals surface area contributed by atoms with E-state index in [1.54, 1.807) is 7.11 Å². The standard InChI is InChI=1S/C15H23NO2/c1-4-18-11-7-10-16-13(2)12-14-8-5-6-9-15(14)17-3/h4-6,8-9,13,16H,1,7,10-12H2,2-3H3. The summed E-state index contributed by atoms with van der Waals surface area (Å²) in [6.07, 6.45) is 3.44. The summed E-state index contributed by atoms with van der Waals surface area (Å²) in [6, 6.07) is 8.57. The second-order valence-corrected chi connectivity index (χ2v) is 4.26. The Labute approximate surface area is 110 Å². The van der Waals surface area contributed by atoms with Gasteiger partial charge in [-0.25, -0.2) is 0 Å². The summed E-state index contributed by atoms with van der Waals surface area (Å²) >= 11 is 0. The molecule has 1 unspecified atom stereocenters. The summed E-state index contributed by atoms with van der Waals surface area (Å²) in [4.78, 5) is 0. The Bertz CT molecular complexity index is 352. The van der Waals surface area contributed by atoms with Crippen molar-refractivity contribution in [2.75, 3.05) is 20.3 Å². The van der Waals surface area contributed by atoms with E-state index in [1.807, 2.05) is 18.2 Å². The van der Waals surface area contributed by atoms with Crippen LogP contribution in [0.5, 0.6) is 5.75 Å². The highest BCUT2D eigenvalue weighted by Gasteiger charge is 2.06. The van der Waals surface area contributed by atoms with Crippen molar-refractivity contribution < 1.29 is 9.47 Å². The third-order valence-electron chi connectivity index (χ3n) is 2.77. The van der Waals surface area contributed by atoms with Crippen LogP contribution < -0.4 is 10.1 Å². The van der Waals surface area contributed by atoms with E-state index in [-0.39, 0.29) is 0 Å². The van der Waals surface area contributed by atoms with Crippen LogP contribution in [-0.4, -0.2) is 26.3 Å². The summed E-state index contributed by atoms with van der Waals surface area (Å²) in [7, 11) is 1.71. The van der Waals surface area contributed by atoms with Crippen molar-refractivity contribution in [2.24, 2.45) is 0 Å². The van der Waals surface area contributed by atoms with Crippen molar-refractivity contribution in [3.05, 3.63) is 42.7 Å². The van der Waals surface area contributed by atoms with Crippen LogP contribution in [0.25, 0.3) is 0 Å². The van der Waals surface area contributed by atoms with Crippen LogP contribution in [-0.2, 0) is 11.2 Å². The molecular formula is C15H23NO2. The van der Waals surface area contributed by atoms with E-state index in [0.717, 1.165) is 31.7 Å². The number of hydrogen-bond donors (Lipinski definition) is 1. The molecule has 18 heavy (non-hydrogen) atoms. The maximum absolute atomic E-state index is 5.34. The van der Waals surface area contributed by atoms with Gasteiger partial charge in [-0.1, -0.05) is 24.8 Å². The summed E-state index contributed by atoms with van der Waals surface area (Å²) in [5, 5.41) is 3.47. The molecule has 1 aromatic carbocycles. The lowest BCUT2D eigenvalue weighted by atomic mass is 10.1. The highest BCUT2D eigenvalue weighted by Crippen LogP contribution is 2.18. The van der Waals surface area contributed by atoms with Crippen LogP contribution in [0.4, 0.5) is 0 Å². The van der Waals surface area contributed by atoms with Crippen LogP contribution in [0.1, 0.15) is 18.9 Å². The lowest BCUT2D eigenvalue weighted by molar-refractivity contribution is 0.243. The molecule has 0 amide bonds. The molecule has 0 aromatic heterocycles. The van der Waals surface area contributed by atoms with E-state index in [2.05, 4.69) is 24.9 Å². The first-order chi connectivity index (χ1) is 8.77. The Balaban J connectivity index is 2.30. The smallest absolute Gasteiger partial charge is 0.122 e. The number of para-hydroxylation sites is 1. The number of ether oxygens (including phenoxy) is 2. The molecule has 1 rings (SSSR count). The number of hydrogen-bond acceptors (Lipinski definition) is 3. The highest BCUT2D eigenvalue weighted by molar-refractivity contribution is 5.33. The molecule has 0 saturated carbocycles. The lowest BCUT2D eigenvalue weighted by Crippen LogP contribution is -2.29. The maximum Gasteiger partial charge on any atom is 0.122 e. The zero-order valence-electron chi connectivity index (χ0n) is 11.3. The number of nitrogens with one attached hydrogen (secondary N) is 1. The molecule has 1 atom stereocenters. The molecule has 1 N–H and O–H groups in total. The molecule has 0 bridgehead atoms. The van der Waals surface area contributed by atoms with Crippen LogP contribution in [0.3, 0.4) is 0 Å². The molecule has 0 radical (unpaired) electrons. The predicted molar refractivity (Wildman–Crippen MR) is 74.9 cm³/mol. The maximum atomic E-state index is 5.34. The van der Waals surface area contributed by atoms with E-state index in [9.17, 15) is 0 Å². The number of benzene rings is 1. The average Bonchev–Trinajstić information content (AvgIpc) is 2.39. The molecule has 0 aliphatic carbocycles. The van der Waals surface area contributed by atoms with Crippen molar-refractivity contribution in [2.45, 2.75) is 25.8 Å². The Hall–Kier alpha value is -1.48.